The van der Waals surface area contributed by atoms with E-state index >= 15 is 0 Å². The number of aliphatic hydroxyl groups is 1. The topological polar surface area (TPSA) is 62.5 Å². The number of hydrogen-bond acceptors (Lipinski definition) is 4. The monoisotopic (exact) mass is 275 g/mol. The highest BCUT2D eigenvalue weighted by Crippen LogP contribution is 2.18. The van der Waals surface area contributed by atoms with E-state index in [1.807, 2.05) is 13.0 Å². The Balaban J connectivity index is 2.02. The zero-order valence-corrected chi connectivity index (χ0v) is 11.2. The van der Waals surface area contributed by atoms with E-state index in [9.17, 15) is 4.79 Å². The molecular formula is C14H13NO3S. The van der Waals surface area contributed by atoms with Gasteiger partial charge in [0.15, 0.2) is 0 Å². The molecule has 98 valence electrons. The fraction of sp³-hybridized carbons (Fsp3) is 0.214. The SMILES string of the molecule is CC(NC(=O)c1ccc(C#CCO)s1)c1ccco1. The van der Waals surface area contributed by atoms with Crippen LogP contribution in [0.1, 0.15) is 33.3 Å². The lowest BCUT2D eigenvalue weighted by Crippen LogP contribution is -2.25. The molecule has 1 unspecified atom stereocenters. The van der Waals surface area contributed by atoms with Gasteiger partial charge in [0, 0.05) is 0 Å². The second kappa shape index (κ2) is 6.23. The van der Waals surface area contributed by atoms with Crippen molar-refractivity contribution in [1.29, 1.82) is 0 Å². The Labute approximate surface area is 115 Å². The molecule has 2 aromatic heterocycles. The third-order valence-electron chi connectivity index (χ3n) is 2.44. The summed E-state index contributed by atoms with van der Waals surface area (Å²) in [6.07, 6.45) is 1.58. The summed E-state index contributed by atoms with van der Waals surface area (Å²) < 4.78 is 5.23. The van der Waals surface area contributed by atoms with Crippen LogP contribution >= 0.6 is 11.3 Å². The number of rotatable bonds is 3. The summed E-state index contributed by atoms with van der Waals surface area (Å²) in [6, 6.07) is 6.90. The van der Waals surface area contributed by atoms with Gasteiger partial charge in [-0.3, -0.25) is 4.79 Å². The van der Waals surface area contributed by atoms with Gasteiger partial charge in [-0.2, -0.15) is 0 Å². The molecule has 0 saturated carbocycles. The van der Waals surface area contributed by atoms with Crippen molar-refractivity contribution >= 4 is 17.2 Å². The minimum Gasteiger partial charge on any atom is -0.467 e. The van der Waals surface area contributed by atoms with Crippen molar-refractivity contribution in [2.75, 3.05) is 6.61 Å². The van der Waals surface area contributed by atoms with Crippen molar-refractivity contribution in [1.82, 2.24) is 5.32 Å². The molecule has 0 bridgehead atoms. The molecule has 0 fully saturated rings. The fourth-order valence-corrected chi connectivity index (χ4v) is 2.31. The van der Waals surface area contributed by atoms with Gasteiger partial charge in [-0.05, 0) is 31.2 Å². The summed E-state index contributed by atoms with van der Waals surface area (Å²) in [4.78, 5) is 13.3. The highest BCUT2D eigenvalue weighted by atomic mass is 32.1. The predicted molar refractivity (Wildman–Crippen MR) is 72.9 cm³/mol. The Morgan fingerprint density at radius 2 is 2.37 bits per heavy atom. The van der Waals surface area contributed by atoms with Crippen LogP contribution < -0.4 is 5.32 Å². The second-order valence-electron chi connectivity index (χ2n) is 3.83. The molecule has 0 aliphatic carbocycles. The summed E-state index contributed by atoms with van der Waals surface area (Å²) in [5.41, 5.74) is 0. The van der Waals surface area contributed by atoms with E-state index in [2.05, 4.69) is 17.2 Å². The number of furan rings is 1. The Morgan fingerprint density at radius 3 is 3.05 bits per heavy atom. The average molecular weight is 275 g/mol. The van der Waals surface area contributed by atoms with Crippen LogP contribution in [0, 0.1) is 11.8 Å². The van der Waals surface area contributed by atoms with Gasteiger partial charge >= 0.3 is 0 Å². The molecule has 0 aromatic carbocycles. The first-order valence-corrected chi connectivity index (χ1v) is 6.56. The molecule has 0 aliphatic heterocycles. The number of aliphatic hydroxyl groups excluding tert-OH is 1. The van der Waals surface area contributed by atoms with E-state index in [1.165, 1.54) is 11.3 Å². The number of carbonyl (C=O) groups is 1. The molecule has 0 aliphatic rings. The Morgan fingerprint density at radius 1 is 1.53 bits per heavy atom. The Bertz CT molecular complexity index is 604. The smallest absolute Gasteiger partial charge is 0.261 e. The van der Waals surface area contributed by atoms with Gasteiger partial charge in [-0.15, -0.1) is 11.3 Å². The van der Waals surface area contributed by atoms with Gasteiger partial charge in [-0.25, -0.2) is 0 Å². The lowest BCUT2D eigenvalue weighted by molar-refractivity contribution is 0.0939. The first kappa shape index (κ1) is 13.4. The van der Waals surface area contributed by atoms with Gasteiger partial charge in [0.05, 0.1) is 22.1 Å². The van der Waals surface area contributed by atoms with E-state index in [-0.39, 0.29) is 18.6 Å². The molecule has 0 spiro atoms. The van der Waals surface area contributed by atoms with Crippen LogP contribution in [0.25, 0.3) is 0 Å². The summed E-state index contributed by atoms with van der Waals surface area (Å²) in [6.45, 7) is 1.67. The predicted octanol–water partition coefficient (Wildman–Crippen LogP) is 2.18. The molecule has 1 amide bonds. The number of hydrogen-bond donors (Lipinski definition) is 2. The lowest BCUT2D eigenvalue weighted by Gasteiger charge is -2.09. The van der Waals surface area contributed by atoms with Crippen molar-refractivity contribution in [3.63, 3.8) is 0 Å². The number of nitrogens with one attached hydrogen (secondary N) is 1. The largest absolute Gasteiger partial charge is 0.467 e. The molecule has 2 rings (SSSR count). The van der Waals surface area contributed by atoms with Crippen LogP contribution in [0.5, 0.6) is 0 Å². The average Bonchev–Trinajstić information content (AvgIpc) is 3.07. The number of carbonyl (C=O) groups excluding carboxylic acids is 1. The first-order valence-electron chi connectivity index (χ1n) is 5.74. The molecule has 2 heterocycles. The summed E-state index contributed by atoms with van der Waals surface area (Å²) in [7, 11) is 0. The van der Waals surface area contributed by atoms with E-state index in [0.29, 0.717) is 10.6 Å². The standard InChI is InChI=1S/C14H13NO3S/c1-10(12-5-3-9-18-12)15-14(17)13-7-6-11(19-13)4-2-8-16/h3,5-7,9-10,16H,8H2,1H3,(H,15,17). The molecule has 1 atom stereocenters. The molecule has 5 heteroatoms. The molecule has 4 nitrogen and oxygen atoms in total. The van der Waals surface area contributed by atoms with Gasteiger partial charge in [0.1, 0.15) is 12.4 Å². The highest BCUT2D eigenvalue weighted by Gasteiger charge is 2.14. The zero-order chi connectivity index (χ0) is 13.7. The molecule has 0 radical (unpaired) electrons. The van der Waals surface area contributed by atoms with E-state index in [1.54, 1.807) is 24.5 Å². The van der Waals surface area contributed by atoms with Crippen molar-refractivity contribution < 1.29 is 14.3 Å². The second-order valence-corrected chi connectivity index (χ2v) is 4.92. The molecule has 0 saturated heterocycles. The van der Waals surface area contributed by atoms with Crippen LogP contribution in [-0.4, -0.2) is 17.6 Å². The van der Waals surface area contributed by atoms with Crippen LogP contribution in [0.15, 0.2) is 34.9 Å². The van der Waals surface area contributed by atoms with E-state index in [4.69, 9.17) is 9.52 Å². The highest BCUT2D eigenvalue weighted by molar-refractivity contribution is 7.14. The molecular weight excluding hydrogens is 262 g/mol. The summed E-state index contributed by atoms with van der Waals surface area (Å²) >= 11 is 1.29. The van der Waals surface area contributed by atoms with Crippen LogP contribution in [0.3, 0.4) is 0 Å². The summed E-state index contributed by atoms with van der Waals surface area (Å²) in [5, 5.41) is 11.5. The van der Waals surface area contributed by atoms with Crippen molar-refractivity contribution in [3.8, 4) is 11.8 Å². The molecule has 19 heavy (non-hydrogen) atoms. The van der Waals surface area contributed by atoms with Gasteiger partial charge < -0.3 is 14.8 Å². The normalized spacial score (nSPS) is 11.5. The van der Waals surface area contributed by atoms with Crippen LogP contribution in [0.2, 0.25) is 0 Å². The number of thiophene rings is 1. The number of amides is 1. The maximum Gasteiger partial charge on any atom is 0.261 e. The van der Waals surface area contributed by atoms with Gasteiger partial charge in [0.25, 0.3) is 5.91 Å². The quantitative estimate of drug-likeness (QED) is 0.844. The van der Waals surface area contributed by atoms with Gasteiger partial charge in [-0.1, -0.05) is 11.8 Å². The third kappa shape index (κ3) is 3.47. The minimum atomic E-state index is -0.186. The maximum absolute atomic E-state index is 12.0. The Kier molecular flexibility index (Phi) is 4.39. The van der Waals surface area contributed by atoms with Crippen molar-refractivity contribution in [2.24, 2.45) is 0 Å². The molecule has 2 aromatic rings. The first-order chi connectivity index (χ1) is 9.20. The van der Waals surface area contributed by atoms with Crippen LogP contribution in [0.4, 0.5) is 0 Å². The third-order valence-corrected chi connectivity index (χ3v) is 3.44. The Hall–Kier alpha value is -2.03. The van der Waals surface area contributed by atoms with E-state index < -0.39 is 0 Å². The minimum absolute atomic E-state index is 0.161. The van der Waals surface area contributed by atoms with Crippen LogP contribution in [-0.2, 0) is 0 Å². The maximum atomic E-state index is 12.0. The molecule has 2 N–H and O–H groups in total. The van der Waals surface area contributed by atoms with Crippen molar-refractivity contribution in [2.45, 2.75) is 13.0 Å². The van der Waals surface area contributed by atoms with E-state index in [0.717, 1.165) is 4.88 Å². The zero-order valence-electron chi connectivity index (χ0n) is 10.3. The van der Waals surface area contributed by atoms with Gasteiger partial charge in [0.2, 0.25) is 0 Å². The summed E-state index contributed by atoms with van der Waals surface area (Å²) in [5.74, 6) is 5.87. The van der Waals surface area contributed by atoms with Crippen molar-refractivity contribution in [3.05, 3.63) is 46.0 Å². The fourth-order valence-electron chi connectivity index (χ4n) is 1.53. The lowest BCUT2D eigenvalue weighted by atomic mass is 10.2.